The Labute approximate surface area is 132 Å². The van der Waals surface area contributed by atoms with Gasteiger partial charge in [-0.2, -0.15) is 0 Å². The third-order valence-corrected chi connectivity index (χ3v) is 3.75. The molecular formula is C18H26O4. The van der Waals surface area contributed by atoms with E-state index in [9.17, 15) is 9.90 Å². The van der Waals surface area contributed by atoms with Crippen molar-refractivity contribution >= 4 is 5.78 Å². The van der Waals surface area contributed by atoms with E-state index in [4.69, 9.17) is 9.47 Å². The quantitative estimate of drug-likeness (QED) is 0.562. The molecule has 0 aromatic heterocycles. The lowest BCUT2D eigenvalue weighted by atomic mass is 9.93. The minimum Gasteiger partial charge on any atom is -0.497 e. The van der Waals surface area contributed by atoms with Crippen LogP contribution in [0, 0.1) is 5.92 Å². The van der Waals surface area contributed by atoms with E-state index in [-0.39, 0.29) is 11.7 Å². The third kappa shape index (κ3) is 5.62. The number of ketones is 1. The molecule has 0 heterocycles. The zero-order valence-electron chi connectivity index (χ0n) is 13.8. The van der Waals surface area contributed by atoms with E-state index < -0.39 is 6.10 Å². The predicted octanol–water partition coefficient (Wildman–Crippen LogP) is 3.13. The molecule has 0 radical (unpaired) electrons. The fraction of sp³-hybridized carbons (Fsp3) is 0.500. The SMILES string of the molecule is CCC(=O)[C@H](C)[C@H](O)/C(C)=C\COCc1ccc(OC)cc1. The lowest BCUT2D eigenvalue weighted by Gasteiger charge is -2.18. The van der Waals surface area contributed by atoms with Crippen molar-refractivity contribution in [3.63, 3.8) is 0 Å². The van der Waals surface area contributed by atoms with Gasteiger partial charge in [-0.15, -0.1) is 0 Å². The number of aliphatic hydroxyl groups excluding tert-OH is 1. The van der Waals surface area contributed by atoms with Crippen LogP contribution in [0.3, 0.4) is 0 Å². The van der Waals surface area contributed by atoms with Gasteiger partial charge in [-0.3, -0.25) is 4.79 Å². The molecule has 1 aromatic carbocycles. The van der Waals surface area contributed by atoms with Crippen molar-refractivity contribution in [2.75, 3.05) is 13.7 Å². The van der Waals surface area contributed by atoms with Crippen LogP contribution in [-0.4, -0.2) is 30.7 Å². The summed E-state index contributed by atoms with van der Waals surface area (Å²) in [4.78, 5) is 11.6. The highest BCUT2D eigenvalue weighted by Crippen LogP contribution is 2.15. The highest BCUT2D eigenvalue weighted by Gasteiger charge is 2.21. The molecule has 0 bridgehead atoms. The Bertz CT molecular complexity index is 490. The first-order valence-electron chi connectivity index (χ1n) is 7.57. The molecule has 22 heavy (non-hydrogen) atoms. The number of benzene rings is 1. The van der Waals surface area contributed by atoms with Gasteiger partial charge >= 0.3 is 0 Å². The standard InChI is InChI=1S/C18H26O4/c1-5-17(19)14(3)18(20)13(2)10-11-22-12-15-6-8-16(21-4)9-7-15/h6-10,14,18,20H,5,11-12H2,1-4H3/b13-10-/t14-,18+/m0/s1. The third-order valence-electron chi connectivity index (χ3n) is 3.75. The van der Waals surface area contributed by atoms with Crippen LogP contribution in [0.15, 0.2) is 35.9 Å². The summed E-state index contributed by atoms with van der Waals surface area (Å²) < 4.78 is 10.7. The Hall–Kier alpha value is -1.65. The molecule has 1 aromatic rings. The van der Waals surface area contributed by atoms with Crippen LogP contribution < -0.4 is 4.74 Å². The van der Waals surface area contributed by atoms with E-state index in [1.165, 1.54) is 0 Å². The van der Waals surface area contributed by atoms with Gasteiger partial charge in [0.1, 0.15) is 11.5 Å². The van der Waals surface area contributed by atoms with Crippen molar-refractivity contribution in [1.29, 1.82) is 0 Å². The van der Waals surface area contributed by atoms with E-state index >= 15 is 0 Å². The number of rotatable bonds is 9. The average molecular weight is 306 g/mol. The summed E-state index contributed by atoms with van der Waals surface area (Å²) in [6.45, 7) is 6.28. The molecule has 0 amide bonds. The molecule has 122 valence electrons. The summed E-state index contributed by atoms with van der Waals surface area (Å²) >= 11 is 0. The second kappa shape index (κ2) is 9.38. The molecule has 0 aliphatic carbocycles. The Morgan fingerprint density at radius 3 is 2.50 bits per heavy atom. The molecule has 1 N–H and O–H groups in total. The number of hydrogen-bond donors (Lipinski definition) is 1. The van der Waals surface area contributed by atoms with E-state index in [0.29, 0.717) is 19.6 Å². The molecule has 4 nitrogen and oxygen atoms in total. The molecule has 1 rings (SSSR count). The molecule has 0 unspecified atom stereocenters. The van der Waals surface area contributed by atoms with Crippen molar-refractivity contribution in [2.24, 2.45) is 5.92 Å². The fourth-order valence-electron chi connectivity index (χ4n) is 2.10. The normalized spacial score (nSPS) is 14.5. The van der Waals surface area contributed by atoms with Gasteiger partial charge in [0.15, 0.2) is 0 Å². The second-order valence-electron chi connectivity index (χ2n) is 5.36. The Kier molecular flexibility index (Phi) is 7.85. The molecule has 4 heteroatoms. The number of methoxy groups -OCH3 is 1. The maximum atomic E-state index is 11.6. The number of hydrogen-bond acceptors (Lipinski definition) is 4. The second-order valence-corrected chi connectivity index (χ2v) is 5.36. The molecule has 0 saturated carbocycles. The van der Waals surface area contributed by atoms with Crippen molar-refractivity contribution < 1.29 is 19.4 Å². The molecule has 0 aliphatic heterocycles. The number of carbonyl (C=O) groups excluding carboxylic acids is 1. The summed E-state index contributed by atoms with van der Waals surface area (Å²) in [5.41, 5.74) is 1.82. The molecule has 0 aliphatic rings. The van der Waals surface area contributed by atoms with Crippen LogP contribution in [0.1, 0.15) is 32.8 Å². The monoisotopic (exact) mass is 306 g/mol. The predicted molar refractivity (Wildman–Crippen MR) is 86.9 cm³/mol. The summed E-state index contributed by atoms with van der Waals surface area (Å²) in [5.74, 6) is 0.513. The topological polar surface area (TPSA) is 55.8 Å². The summed E-state index contributed by atoms with van der Waals surface area (Å²) in [6.07, 6.45) is 1.53. The Morgan fingerprint density at radius 2 is 1.95 bits per heavy atom. The van der Waals surface area contributed by atoms with Crippen LogP contribution in [0.4, 0.5) is 0 Å². The zero-order chi connectivity index (χ0) is 16.5. The van der Waals surface area contributed by atoms with Crippen LogP contribution in [-0.2, 0) is 16.1 Å². The summed E-state index contributed by atoms with van der Waals surface area (Å²) in [5, 5.41) is 10.1. The molecular weight excluding hydrogens is 280 g/mol. The first-order chi connectivity index (χ1) is 10.5. The van der Waals surface area contributed by atoms with Crippen LogP contribution in [0.25, 0.3) is 0 Å². The maximum Gasteiger partial charge on any atom is 0.138 e. The largest absolute Gasteiger partial charge is 0.497 e. The van der Waals surface area contributed by atoms with E-state index in [0.717, 1.165) is 16.9 Å². The number of ether oxygens (including phenoxy) is 2. The van der Waals surface area contributed by atoms with E-state index in [2.05, 4.69) is 0 Å². The van der Waals surface area contributed by atoms with Crippen LogP contribution in [0.2, 0.25) is 0 Å². The molecule has 0 saturated heterocycles. The van der Waals surface area contributed by atoms with Gasteiger partial charge in [-0.25, -0.2) is 0 Å². The Morgan fingerprint density at radius 1 is 1.32 bits per heavy atom. The minimum absolute atomic E-state index is 0.0689. The van der Waals surface area contributed by atoms with Crippen molar-refractivity contribution in [3.05, 3.63) is 41.5 Å². The first kappa shape index (κ1) is 18.4. The van der Waals surface area contributed by atoms with Gasteiger partial charge in [0.25, 0.3) is 0 Å². The van der Waals surface area contributed by atoms with E-state index in [1.54, 1.807) is 14.0 Å². The molecule has 0 fully saturated rings. The molecule has 2 atom stereocenters. The van der Waals surface area contributed by atoms with Crippen molar-refractivity contribution in [3.8, 4) is 5.75 Å². The first-order valence-corrected chi connectivity index (χ1v) is 7.57. The average Bonchev–Trinajstić information content (AvgIpc) is 2.56. The fourth-order valence-corrected chi connectivity index (χ4v) is 2.10. The zero-order valence-corrected chi connectivity index (χ0v) is 13.8. The highest BCUT2D eigenvalue weighted by atomic mass is 16.5. The van der Waals surface area contributed by atoms with Crippen LogP contribution >= 0.6 is 0 Å². The van der Waals surface area contributed by atoms with Gasteiger partial charge in [0, 0.05) is 12.3 Å². The summed E-state index contributed by atoms with van der Waals surface area (Å²) in [7, 11) is 1.63. The lowest BCUT2D eigenvalue weighted by Crippen LogP contribution is -2.26. The molecule has 0 spiro atoms. The van der Waals surface area contributed by atoms with Gasteiger partial charge in [0.2, 0.25) is 0 Å². The van der Waals surface area contributed by atoms with Gasteiger partial charge in [-0.05, 0) is 30.2 Å². The number of Topliss-reactive ketones (excluding diaryl/α,β-unsaturated/α-hetero) is 1. The van der Waals surface area contributed by atoms with Crippen molar-refractivity contribution in [2.45, 2.75) is 39.9 Å². The van der Waals surface area contributed by atoms with Gasteiger partial charge < -0.3 is 14.6 Å². The summed E-state index contributed by atoms with van der Waals surface area (Å²) in [6, 6.07) is 7.68. The lowest BCUT2D eigenvalue weighted by molar-refractivity contribution is -0.124. The number of carbonyl (C=O) groups is 1. The van der Waals surface area contributed by atoms with E-state index in [1.807, 2.05) is 44.2 Å². The minimum atomic E-state index is -0.739. The Balaban J connectivity index is 2.42. The smallest absolute Gasteiger partial charge is 0.138 e. The highest BCUT2D eigenvalue weighted by molar-refractivity contribution is 5.81. The van der Waals surface area contributed by atoms with Gasteiger partial charge in [-0.1, -0.05) is 32.1 Å². The van der Waals surface area contributed by atoms with Gasteiger partial charge in [0.05, 0.1) is 26.4 Å². The van der Waals surface area contributed by atoms with Crippen LogP contribution in [0.5, 0.6) is 5.75 Å². The number of aliphatic hydroxyl groups is 1. The van der Waals surface area contributed by atoms with Crippen molar-refractivity contribution in [1.82, 2.24) is 0 Å². The maximum absolute atomic E-state index is 11.6.